The zero-order chi connectivity index (χ0) is 14.6. The molecule has 0 saturated heterocycles. The molecule has 1 aliphatic rings. The Morgan fingerprint density at radius 2 is 2.15 bits per heavy atom. The number of nitrogens with one attached hydrogen (secondary N) is 1. The van der Waals surface area contributed by atoms with Crippen LogP contribution in [0.1, 0.15) is 31.5 Å². The Kier molecular flexibility index (Phi) is 5.06. The number of sulfone groups is 1. The number of anilines is 1. The van der Waals surface area contributed by atoms with Gasteiger partial charge >= 0.3 is 0 Å². The van der Waals surface area contributed by atoms with Crippen LogP contribution in [-0.4, -0.2) is 41.8 Å². The highest BCUT2D eigenvalue weighted by Crippen LogP contribution is 2.25. The largest absolute Gasteiger partial charge is 0.377 e. The number of ether oxygens (including phenoxy) is 1. The van der Waals surface area contributed by atoms with E-state index in [9.17, 15) is 13.2 Å². The van der Waals surface area contributed by atoms with Gasteiger partial charge in [0.15, 0.2) is 15.7 Å². The molecule has 1 amide bonds. The van der Waals surface area contributed by atoms with Crippen molar-refractivity contribution in [2.24, 2.45) is 0 Å². The smallest absolute Gasteiger partial charge is 0.241 e. The van der Waals surface area contributed by atoms with Crippen LogP contribution in [0.3, 0.4) is 0 Å². The fourth-order valence-electron chi connectivity index (χ4n) is 2.20. The van der Waals surface area contributed by atoms with Crippen LogP contribution in [0.4, 0.5) is 5.13 Å². The molecule has 112 valence electrons. The Bertz CT molecular complexity index is 564. The van der Waals surface area contributed by atoms with E-state index < -0.39 is 21.5 Å². The maximum Gasteiger partial charge on any atom is 0.241 e. The summed E-state index contributed by atoms with van der Waals surface area (Å²) < 4.78 is 32.9. The van der Waals surface area contributed by atoms with Gasteiger partial charge in [0.1, 0.15) is 12.4 Å². The molecule has 20 heavy (non-hydrogen) atoms. The lowest BCUT2D eigenvalue weighted by Crippen LogP contribution is -2.29. The third-order valence-electron chi connectivity index (χ3n) is 3.13. The maximum atomic E-state index is 12.0. The number of carbonyl (C=O) groups is 1. The summed E-state index contributed by atoms with van der Waals surface area (Å²) in [6.07, 6.45) is 3.16. The van der Waals surface area contributed by atoms with Crippen molar-refractivity contribution in [3.8, 4) is 0 Å². The molecule has 1 aliphatic carbocycles. The first-order chi connectivity index (χ1) is 9.51. The van der Waals surface area contributed by atoms with Crippen molar-refractivity contribution in [3.05, 3.63) is 5.82 Å². The average molecular weight is 319 g/mol. The molecule has 0 aliphatic heterocycles. The quantitative estimate of drug-likeness (QED) is 0.839. The molecule has 1 heterocycles. The van der Waals surface area contributed by atoms with E-state index in [1.807, 2.05) is 0 Å². The van der Waals surface area contributed by atoms with Crippen LogP contribution in [0.15, 0.2) is 0 Å². The van der Waals surface area contributed by atoms with Crippen molar-refractivity contribution in [1.29, 1.82) is 0 Å². The van der Waals surface area contributed by atoms with Crippen LogP contribution in [0.5, 0.6) is 0 Å². The van der Waals surface area contributed by atoms with Crippen LogP contribution in [0, 0.1) is 0 Å². The summed E-state index contributed by atoms with van der Waals surface area (Å²) in [7, 11) is -1.84. The van der Waals surface area contributed by atoms with Gasteiger partial charge in [-0.3, -0.25) is 10.1 Å². The van der Waals surface area contributed by atoms with Crippen molar-refractivity contribution in [2.45, 2.75) is 37.5 Å². The second-order valence-electron chi connectivity index (χ2n) is 4.71. The highest BCUT2D eigenvalue weighted by Gasteiger charge is 2.30. The Hall–Kier alpha value is -1.06. The molecule has 7 nitrogen and oxygen atoms in total. The fraction of sp³-hybridized carbons (Fsp3) is 0.727. The Morgan fingerprint density at radius 1 is 1.45 bits per heavy atom. The summed E-state index contributed by atoms with van der Waals surface area (Å²) in [6.45, 7) is 0.257. The second kappa shape index (κ2) is 6.59. The predicted molar refractivity (Wildman–Crippen MR) is 75.3 cm³/mol. The minimum absolute atomic E-state index is 0.257. The minimum Gasteiger partial charge on any atom is -0.377 e. The van der Waals surface area contributed by atoms with E-state index in [1.165, 1.54) is 7.11 Å². The molecule has 1 aromatic rings. The van der Waals surface area contributed by atoms with E-state index in [4.69, 9.17) is 4.74 Å². The van der Waals surface area contributed by atoms with Crippen LogP contribution >= 0.6 is 11.5 Å². The van der Waals surface area contributed by atoms with Gasteiger partial charge in [0.05, 0.1) is 5.25 Å². The summed E-state index contributed by atoms with van der Waals surface area (Å²) >= 11 is 1.01. The summed E-state index contributed by atoms with van der Waals surface area (Å²) in [5, 5.41) is 2.40. The molecule has 9 heteroatoms. The zero-order valence-electron chi connectivity index (χ0n) is 11.2. The number of amides is 1. The molecule has 0 bridgehead atoms. The third kappa shape index (κ3) is 3.97. The number of methoxy groups -OCH3 is 1. The second-order valence-corrected chi connectivity index (χ2v) is 7.74. The first kappa shape index (κ1) is 15.3. The molecule has 0 unspecified atom stereocenters. The lowest BCUT2D eigenvalue weighted by Gasteiger charge is -2.09. The van der Waals surface area contributed by atoms with E-state index in [2.05, 4.69) is 14.7 Å². The number of hydrogen-bond donors (Lipinski definition) is 1. The Labute approximate surface area is 121 Å². The molecule has 1 saturated carbocycles. The van der Waals surface area contributed by atoms with E-state index in [0.717, 1.165) is 24.4 Å². The molecule has 0 spiro atoms. The van der Waals surface area contributed by atoms with Gasteiger partial charge in [0.25, 0.3) is 0 Å². The van der Waals surface area contributed by atoms with Crippen LogP contribution in [0.2, 0.25) is 0 Å². The van der Waals surface area contributed by atoms with Gasteiger partial charge < -0.3 is 4.74 Å². The van der Waals surface area contributed by atoms with E-state index >= 15 is 0 Å². The lowest BCUT2D eigenvalue weighted by molar-refractivity contribution is -0.113. The topological polar surface area (TPSA) is 98.2 Å². The van der Waals surface area contributed by atoms with Gasteiger partial charge in [-0.25, -0.2) is 13.4 Å². The van der Waals surface area contributed by atoms with Gasteiger partial charge in [-0.05, 0) is 12.8 Å². The summed E-state index contributed by atoms with van der Waals surface area (Å²) in [5.41, 5.74) is 0. The SMILES string of the molecule is COCc1nsc(NC(=O)CS(=O)(=O)C2CCCC2)n1. The standard InChI is InChI=1S/C11H17N3O4S2/c1-18-6-9-12-11(19-14-9)13-10(15)7-20(16,17)8-4-2-3-5-8/h8H,2-7H2,1H3,(H,12,13,14,15). The molecule has 1 N–H and O–H groups in total. The molecule has 0 radical (unpaired) electrons. The molecule has 1 fully saturated rings. The highest BCUT2D eigenvalue weighted by atomic mass is 32.2. The van der Waals surface area contributed by atoms with E-state index in [-0.39, 0.29) is 11.9 Å². The van der Waals surface area contributed by atoms with Gasteiger partial charge in [0.2, 0.25) is 11.0 Å². The average Bonchev–Trinajstić information content (AvgIpc) is 3.00. The molecular formula is C11H17N3O4S2. The minimum atomic E-state index is -3.36. The summed E-state index contributed by atoms with van der Waals surface area (Å²) in [6, 6.07) is 0. The number of hydrogen-bond acceptors (Lipinski definition) is 7. The van der Waals surface area contributed by atoms with Crippen molar-refractivity contribution in [3.63, 3.8) is 0 Å². The van der Waals surface area contributed by atoms with E-state index in [0.29, 0.717) is 23.8 Å². The monoisotopic (exact) mass is 319 g/mol. The first-order valence-electron chi connectivity index (χ1n) is 6.34. The molecule has 1 aromatic heterocycles. The van der Waals surface area contributed by atoms with Crippen molar-refractivity contribution >= 4 is 32.4 Å². The fourth-order valence-corrected chi connectivity index (χ4v) is 4.51. The van der Waals surface area contributed by atoms with E-state index in [1.54, 1.807) is 0 Å². The van der Waals surface area contributed by atoms with Gasteiger partial charge in [-0.2, -0.15) is 4.37 Å². The van der Waals surface area contributed by atoms with Crippen LogP contribution in [0.25, 0.3) is 0 Å². The first-order valence-corrected chi connectivity index (χ1v) is 8.83. The molecule has 2 rings (SSSR count). The molecule has 0 aromatic carbocycles. The Balaban J connectivity index is 1.91. The predicted octanol–water partition coefficient (Wildman–Crippen LogP) is 0.980. The number of nitrogens with zero attached hydrogens (tertiary/aromatic N) is 2. The molecule has 0 atom stereocenters. The van der Waals surface area contributed by atoms with Crippen molar-refractivity contribution < 1.29 is 17.9 Å². The highest BCUT2D eigenvalue weighted by molar-refractivity contribution is 7.92. The van der Waals surface area contributed by atoms with Crippen LogP contribution in [-0.2, 0) is 26.0 Å². The molecular weight excluding hydrogens is 302 g/mol. The normalized spacial score (nSPS) is 16.4. The number of rotatable bonds is 6. The maximum absolute atomic E-state index is 12.0. The number of carbonyl (C=O) groups excluding carboxylic acids is 1. The number of aromatic nitrogens is 2. The lowest BCUT2D eigenvalue weighted by atomic mass is 10.4. The van der Waals surface area contributed by atoms with Crippen molar-refractivity contribution in [1.82, 2.24) is 9.36 Å². The summed E-state index contributed by atoms with van der Waals surface area (Å²) in [5.74, 6) is -0.583. The third-order valence-corrected chi connectivity index (χ3v) is 5.95. The van der Waals surface area contributed by atoms with Gasteiger partial charge in [-0.1, -0.05) is 12.8 Å². The Morgan fingerprint density at radius 3 is 2.80 bits per heavy atom. The van der Waals surface area contributed by atoms with Crippen LogP contribution < -0.4 is 5.32 Å². The van der Waals surface area contributed by atoms with Gasteiger partial charge in [0, 0.05) is 18.6 Å². The summed E-state index contributed by atoms with van der Waals surface area (Å²) in [4.78, 5) is 15.8. The van der Waals surface area contributed by atoms with Crippen molar-refractivity contribution in [2.75, 3.05) is 18.2 Å². The zero-order valence-corrected chi connectivity index (χ0v) is 12.8. The van der Waals surface area contributed by atoms with Gasteiger partial charge in [-0.15, -0.1) is 0 Å².